The van der Waals surface area contributed by atoms with Crippen LogP contribution < -0.4 is 16.2 Å². The summed E-state index contributed by atoms with van der Waals surface area (Å²) in [4.78, 5) is 20.9. The molecule has 17 heteroatoms. The van der Waals surface area contributed by atoms with E-state index in [-0.39, 0.29) is 45.4 Å². The Morgan fingerprint density at radius 3 is 2.34 bits per heavy atom. The van der Waals surface area contributed by atoms with E-state index in [1.165, 1.54) is 26.0 Å². The average Bonchev–Trinajstić information content (AvgIpc) is 3.44. The molecule has 0 saturated carbocycles. The van der Waals surface area contributed by atoms with Gasteiger partial charge in [0.25, 0.3) is 0 Å². The molecule has 1 aromatic heterocycles. The first kappa shape index (κ1) is 33.7. The van der Waals surface area contributed by atoms with Gasteiger partial charge in [-0.05, 0) is 67.9 Å². The number of phenols is 2. The number of aromatic hydroxyl groups is 2. The summed E-state index contributed by atoms with van der Waals surface area (Å²) in [7, 11) is -4.23. The lowest BCUT2D eigenvalue weighted by Crippen LogP contribution is -2.60. The summed E-state index contributed by atoms with van der Waals surface area (Å²) in [5.74, 6) is -1.54. The molecule has 0 radical (unpaired) electrons. The van der Waals surface area contributed by atoms with Gasteiger partial charge in [-0.15, -0.1) is 0 Å². The van der Waals surface area contributed by atoms with E-state index < -0.39 is 63.6 Å². The maximum atomic E-state index is 13.6. The Bertz CT molecular complexity index is 2000. The van der Waals surface area contributed by atoms with E-state index in [4.69, 9.17) is 21.0 Å². The average molecular weight is 671 g/mol. The van der Waals surface area contributed by atoms with Gasteiger partial charge in [0, 0.05) is 23.2 Å². The Kier molecular flexibility index (Phi) is 8.75. The van der Waals surface area contributed by atoms with Crippen molar-refractivity contribution in [2.45, 2.75) is 54.9 Å². The molecule has 1 aliphatic heterocycles. The molecule has 0 spiro atoms. The van der Waals surface area contributed by atoms with Crippen LogP contribution >= 0.6 is 0 Å². The van der Waals surface area contributed by atoms with Crippen LogP contribution in [-0.4, -0.2) is 98.0 Å². The Labute approximate surface area is 267 Å². The first-order chi connectivity index (χ1) is 21.9. The van der Waals surface area contributed by atoms with Crippen LogP contribution in [-0.2, 0) is 25.0 Å². The van der Waals surface area contributed by atoms with Crippen LogP contribution in [0.2, 0.25) is 0 Å². The Hall–Kier alpha value is -4.62. The first-order valence-electron chi connectivity index (χ1n) is 14.1. The van der Waals surface area contributed by atoms with E-state index in [0.29, 0.717) is 16.6 Å². The van der Waals surface area contributed by atoms with Crippen molar-refractivity contribution in [3.05, 3.63) is 59.7 Å². The van der Waals surface area contributed by atoms with Crippen LogP contribution in [0.4, 0.5) is 0 Å². The summed E-state index contributed by atoms with van der Waals surface area (Å²) in [6.45, 7) is 2.69. The van der Waals surface area contributed by atoms with E-state index in [1.807, 2.05) is 0 Å². The minimum atomic E-state index is -4.23. The second-order valence-electron chi connectivity index (χ2n) is 11.7. The number of H-pyrrole nitrogens is 1. The highest BCUT2D eigenvalue weighted by Crippen LogP contribution is 2.44. The van der Waals surface area contributed by atoms with Gasteiger partial charge in [0.1, 0.15) is 47.6 Å². The zero-order valence-corrected chi connectivity index (χ0v) is 25.9. The number of aliphatic hydroxyl groups excluding tert-OH is 4. The fourth-order valence-electron chi connectivity index (χ4n) is 5.23. The number of nitrogens with one attached hydrogen (secondary N) is 3. The number of sulfonamides is 1. The van der Waals surface area contributed by atoms with Crippen molar-refractivity contribution in [3.63, 3.8) is 0 Å². The minimum absolute atomic E-state index is 0.0608. The van der Waals surface area contributed by atoms with Crippen molar-refractivity contribution < 1.29 is 48.6 Å². The highest BCUT2D eigenvalue weighted by atomic mass is 32.2. The van der Waals surface area contributed by atoms with E-state index >= 15 is 0 Å². The number of hydrogen-bond donors (Lipinski definition) is 11. The van der Waals surface area contributed by atoms with Gasteiger partial charge in [-0.2, -0.15) is 0 Å². The SMILES string of the molecule is CC(C)(C(=O)NCC1OC(O)C(O)C(O)C1O)c1cc(-c2nc3cc(C(=N)N)ccc3[nH]2)c(O)c(-c2cc(S(N)(=O)=O)ccc2O)c1. The highest BCUT2D eigenvalue weighted by molar-refractivity contribution is 7.89. The largest absolute Gasteiger partial charge is 0.507 e. The number of nitrogens with zero attached hydrogens (tertiary/aromatic N) is 1. The number of rotatable bonds is 8. The third kappa shape index (κ3) is 6.37. The highest BCUT2D eigenvalue weighted by Gasteiger charge is 2.43. The van der Waals surface area contributed by atoms with Crippen molar-refractivity contribution in [2.75, 3.05) is 6.54 Å². The van der Waals surface area contributed by atoms with Crippen LogP contribution in [0.1, 0.15) is 25.0 Å². The van der Waals surface area contributed by atoms with Crippen LogP contribution in [0.15, 0.2) is 53.4 Å². The zero-order valence-electron chi connectivity index (χ0n) is 25.0. The molecule has 5 rings (SSSR count). The van der Waals surface area contributed by atoms with Gasteiger partial charge >= 0.3 is 0 Å². The zero-order chi connectivity index (χ0) is 34.6. The Morgan fingerprint density at radius 1 is 1.00 bits per heavy atom. The number of nitrogens with two attached hydrogens (primary N) is 2. The standard InChI is InChI=1S/C30H34N6O10S/c1-30(2,29(43)34-11-21-23(39)24(40)25(41)28(42)46-21)13-8-16(15-10-14(47(33,44)45)4-6-20(15)37)22(38)17(9-13)27-35-18-5-3-12(26(31)32)7-19(18)36-27/h3-10,21,23-25,28,37-42H,11H2,1-2H3,(H3,31,32)(H,34,43)(H,35,36)(H2,33,44,45). The Balaban J connectivity index is 1.61. The number of amides is 1. The molecule has 0 bridgehead atoms. The smallest absolute Gasteiger partial charge is 0.238 e. The number of imidazole rings is 1. The molecule has 1 amide bonds. The van der Waals surface area contributed by atoms with Gasteiger partial charge < -0.3 is 51.4 Å². The third-order valence-corrected chi connectivity index (χ3v) is 9.10. The number of amidine groups is 1. The molecule has 1 saturated heterocycles. The molecule has 16 nitrogen and oxygen atoms in total. The quantitative estimate of drug-likeness (QED) is 0.0830. The van der Waals surface area contributed by atoms with Crippen LogP contribution in [0, 0.1) is 5.41 Å². The number of aromatic amines is 1. The number of benzene rings is 3. The molecule has 1 fully saturated rings. The molecule has 3 aromatic carbocycles. The number of fused-ring (bicyclic) bond motifs is 1. The molecule has 250 valence electrons. The molecule has 47 heavy (non-hydrogen) atoms. The van der Waals surface area contributed by atoms with Crippen molar-refractivity contribution >= 4 is 32.8 Å². The molecular formula is C30H34N6O10S. The molecule has 5 atom stereocenters. The topological polar surface area (TPSA) is 298 Å². The van der Waals surface area contributed by atoms with Gasteiger partial charge in [-0.25, -0.2) is 18.5 Å². The fraction of sp³-hybridized carbons (Fsp3) is 0.300. The van der Waals surface area contributed by atoms with E-state index in [2.05, 4.69) is 15.3 Å². The molecule has 0 aliphatic carbocycles. The number of aromatic nitrogens is 2. The van der Waals surface area contributed by atoms with Gasteiger partial charge in [0.15, 0.2) is 6.29 Å². The van der Waals surface area contributed by atoms with Gasteiger partial charge in [-0.1, -0.05) is 0 Å². The maximum Gasteiger partial charge on any atom is 0.238 e. The van der Waals surface area contributed by atoms with Gasteiger partial charge in [0.2, 0.25) is 15.9 Å². The normalized spacial score (nSPS) is 21.9. The summed E-state index contributed by atoms with van der Waals surface area (Å²) in [5, 5.41) is 77.9. The number of primary sulfonamides is 1. The predicted octanol–water partition coefficient (Wildman–Crippen LogP) is -0.567. The molecule has 5 unspecified atom stereocenters. The molecule has 13 N–H and O–H groups in total. The summed E-state index contributed by atoms with van der Waals surface area (Å²) in [5.41, 5.74) is 5.62. The summed E-state index contributed by atoms with van der Waals surface area (Å²) in [6.07, 6.45) is -8.19. The molecule has 2 heterocycles. The lowest BCUT2D eigenvalue weighted by molar-refractivity contribution is -0.280. The van der Waals surface area contributed by atoms with Crippen LogP contribution in [0.5, 0.6) is 11.5 Å². The minimum Gasteiger partial charge on any atom is -0.507 e. The number of ether oxygens (including phenoxy) is 1. The molecule has 1 aliphatic rings. The lowest BCUT2D eigenvalue weighted by Gasteiger charge is -2.38. The van der Waals surface area contributed by atoms with Crippen molar-refractivity contribution in [3.8, 4) is 34.0 Å². The Morgan fingerprint density at radius 2 is 1.68 bits per heavy atom. The number of carbonyl (C=O) groups excluding carboxylic acids is 1. The number of carbonyl (C=O) groups is 1. The fourth-order valence-corrected chi connectivity index (χ4v) is 5.77. The maximum absolute atomic E-state index is 13.6. The lowest BCUT2D eigenvalue weighted by atomic mass is 9.80. The number of phenolic OH excluding ortho intramolecular Hbond substituents is 2. The second kappa shape index (κ2) is 12.2. The number of nitrogen functional groups attached to an aromatic ring is 1. The van der Waals surface area contributed by atoms with E-state index in [9.17, 15) is 43.9 Å². The summed E-state index contributed by atoms with van der Waals surface area (Å²) in [6, 6.07) is 10.9. The number of aliphatic hydroxyl groups is 4. The van der Waals surface area contributed by atoms with Crippen molar-refractivity contribution in [1.29, 1.82) is 5.41 Å². The van der Waals surface area contributed by atoms with E-state index in [1.54, 1.807) is 18.2 Å². The van der Waals surface area contributed by atoms with Gasteiger partial charge in [0.05, 0.1) is 26.9 Å². The van der Waals surface area contributed by atoms with E-state index in [0.717, 1.165) is 18.2 Å². The van der Waals surface area contributed by atoms with Crippen molar-refractivity contribution in [2.24, 2.45) is 10.9 Å². The summed E-state index contributed by atoms with van der Waals surface area (Å²) >= 11 is 0. The summed E-state index contributed by atoms with van der Waals surface area (Å²) < 4.78 is 29.4. The first-order valence-corrected chi connectivity index (χ1v) is 15.7. The molecule has 4 aromatic rings. The van der Waals surface area contributed by atoms with Crippen molar-refractivity contribution in [1.82, 2.24) is 15.3 Å². The number of hydrogen-bond acceptors (Lipinski definition) is 12. The second-order valence-corrected chi connectivity index (χ2v) is 13.3. The van der Waals surface area contributed by atoms with Crippen LogP contribution in [0.25, 0.3) is 33.5 Å². The molecular weight excluding hydrogens is 636 g/mol. The predicted molar refractivity (Wildman–Crippen MR) is 168 cm³/mol. The van der Waals surface area contributed by atoms with Gasteiger partial charge in [-0.3, -0.25) is 10.2 Å². The third-order valence-electron chi connectivity index (χ3n) is 8.19. The van der Waals surface area contributed by atoms with Crippen LogP contribution in [0.3, 0.4) is 0 Å². The monoisotopic (exact) mass is 670 g/mol.